The lowest BCUT2D eigenvalue weighted by molar-refractivity contribution is 0.617. The third kappa shape index (κ3) is 3.08. The normalized spacial score (nSPS) is 12.3. The first-order valence-electron chi connectivity index (χ1n) is 6.27. The van der Waals surface area contributed by atoms with E-state index in [4.69, 9.17) is 5.73 Å². The molecule has 2 rings (SSSR count). The lowest BCUT2D eigenvalue weighted by atomic mass is 10.1. The smallest absolute Gasteiger partial charge is 0.0645 e. The summed E-state index contributed by atoms with van der Waals surface area (Å²) in [6.07, 6.45) is 8.84. The molecule has 1 aromatic heterocycles. The Kier molecular flexibility index (Phi) is 4.31. The quantitative estimate of drug-likeness (QED) is 0.623. The van der Waals surface area contributed by atoms with Crippen LogP contribution >= 0.6 is 0 Å². The van der Waals surface area contributed by atoms with Crippen molar-refractivity contribution in [1.82, 2.24) is 9.78 Å². The van der Waals surface area contributed by atoms with Crippen LogP contribution in [0.25, 0.3) is 5.69 Å². The van der Waals surface area contributed by atoms with Crippen LogP contribution in [-0.2, 0) is 0 Å². The fourth-order valence-electron chi connectivity index (χ4n) is 1.90. The molecule has 1 aromatic carbocycles. The maximum absolute atomic E-state index is 6.14. The van der Waals surface area contributed by atoms with E-state index in [2.05, 4.69) is 11.7 Å². The highest BCUT2D eigenvalue weighted by Crippen LogP contribution is 2.17. The Labute approximate surface area is 108 Å². The number of nitrogens with two attached hydrogens (primary N) is 1. The molecule has 0 fully saturated rings. The first-order valence-corrected chi connectivity index (χ1v) is 6.27. The van der Waals surface area contributed by atoms with Crippen molar-refractivity contribution >= 4 is 0 Å². The number of hydrogen-bond acceptors (Lipinski definition) is 2. The predicted octanol–water partition coefficient (Wildman–Crippen LogP) is 3.23. The van der Waals surface area contributed by atoms with Crippen LogP contribution in [0.5, 0.6) is 0 Å². The second-order valence-corrected chi connectivity index (χ2v) is 4.38. The number of nitrogens with zero attached hydrogens (tertiary/aromatic N) is 2. The number of rotatable bonds is 6. The lowest BCUT2D eigenvalue weighted by Crippen LogP contribution is -2.09. The van der Waals surface area contributed by atoms with E-state index in [1.54, 1.807) is 0 Å². The fourth-order valence-corrected chi connectivity index (χ4v) is 1.90. The Morgan fingerprint density at radius 1 is 1.33 bits per heavy atom. The fraction of sp³-hybridized carbons (Fsp3) is 0.267. The van der Waals surface area contributed by atoms with Crippen molar-refractivity contribution in [3.05, 3.63) is 60.9 Å². The highest BCUT2D eigenvalue weighted by atomic mass is 15.3. The summed E-state index contributed by atoms with van der Waals surface area (Å²) in [5.41, 5.74) is 8.28. The molecular formula is C15H19N3. The molecule has 0 saturated heterocycles. The van der Waals surface area contributed by atoms with Crippen molar-refractivity contribution < 1.29 is 0 Å². The van der Waals surface area contributed by atoms with Crippen molar-refractivity contribution in [1.29, 1.82) is 0 Å². The van der Waals surface area contributed by atoms with Crippen molar-refractivity contribution in [2.75, 3.05) is 0 Å². The minimum absolute atomic E-state index is 0.0578. The van der Waals surface area contributed by atoms with Crippen LogP contribution < -0.4 is 5.73 Å². The van der Waals surface area contributed by atoms with E-state index in [1.165, 1.54) is 0 Å². The zero-order valence-electron chi connectivity index (χ0n) is 10.5. The molecule has 0 aliphatic rings. The van der Waals surface area contributed by atoms with E-state index in [-0.39, 0.29) is 6.04 Å². The summed E-state index contributed by atoms with van der Waals surface area (Å²) < 4.78 is 1.86. The van der Waals surface area contributed by atoms with Crippen LogP contribution in [0.15, 0.2) is 55.4 Å². The second-order valence-electron chi connectivity index (χ2n) is 4.38. The van der Waals surface area contributed by atoms with Crippen LogP contribution in [0.4, 0.5) is 0 Å². The standard InChI is InChI=1S/C15H19N3/c1-2-3-5-10-15(16)13-11-17-18(12-13)14-8-6-4-7-9-14/h2,4,6-9,11-12,15H,1,3,5,10,16H2. The largest absolute Gasteiger partial charge is 0.324 e. The number of aromatic nitrogens is 2. The van der Waals surface area contributed by atoms with Gasteiger partial charge in [0.05, 0.1) is 11.9 Å². The first-order chi connectivity index (χ1) is 8.81. The van der Waals surface area contributed by atoms with Crippen LogP contribution in [0.1, 0.15) is 30.9 Å². The average Bonchev–Trinajstić information content (AvgIpc) is 2.89. The summed E-state index contributed by atoms with van der Waals surface area (Å²) in [5.74, 6) is 0. The summed E-state index contributed by atoms with van der Waals surface area (Å²) in [4.78, 5) is 0. The molecule has 0 amide bonds. The van der Waals surface area contributed by atoms with Crippen molar-refractivity contribution in [2.45, 2.75) is 25.3 Å². The third-order valence-corrected chi connectivity index (χ3v) is 2.97. The topological polar surface area (TPSA) is 43.8 Å². The molecule has 2 N–H and O–H groups in total. The molecule has 1 heterocycles. The van der Waals surface area contributed by atoms with Crippen LogP contribution in [0, 0.1) is 0 Å². The number of hydrogen-bond donors (Lipinski definition) is 1. The van der Waals surface area contributed by atoms with Crippen molar-refractivity contribution in [2.24, 2.45) is 5.73 Å². The Morgan fingerprint density at radius 2 is 2.11 bits per heavy atom. The SMILES string of the molecule is C=CCCCC(N)c1cnn(-c2ccccc2)c1. The van der Waals surface area contributed by atoms with Crippen LogP contribution in [-0.4, -0.2) is 9.78 Å². The lowest BCUT2D eigenvalue weighted by Gasteiger charge is -2.07. The number of allylic oxidation sites excluding steroid dienone is 1. The highest BCUT2D eigenvalue weighted by molar-refractivity contribution is 5.31. The molecule has 0 saturated carbocycles. The minimum atomic E-state index is 0.0578. The van der Waals surface area contributed by atoms with Gasteiger partial charge < -0.3 is 5.73 Å². The van der Waals surface area contributed by atoms with Crippen LogP contribution in [0.3, 0.4) is 0 Å². The van der Waals surface area contributed by atoms with E-state index in [9.17, 15) is 0 Å². The molecule has 0 bridgehead atoms. The summed E-state index contributed by atoms with van der Waals surface area (Å²) in [7, 11) is 0. The molecule has 0 radical (unpaired) electrons. The molecule has 1 unspecified atom stereocenters. The third-order valence-electron chi connectivity index (χ3n) is 2.97. The molecule has 0 aliphatic heterocycles. The summed E-state index contributed by atoms with van der Waals surface area (Å²) >= 11 is 0. The van der Waals surface area contributed by atoms with E-state index < -0.39 is 0 Å². The van der Waals surface area contributed by atoms with E-state index in [0.717, 1.165) is 30.5 Å². The average molecular weight is 241 g/mol. The molecule has 1 atom stereocenters. The Hall–Kier alpha value is -1.87. The van der Waals surface area contributed by atoms with Gasteiger partial charge in [-0.3, -0.25) is 0 Å². The molecule has 94 valence electrons. The number of para-hydroxylation sites is 1. The molecule has 3 heteroatoms. The van der Waals surface area contributed by atoms with Gasteiger partial charge in [-0.15, -0.1) is 6.58 Å². The van der Waals surface area contributed by atoms with E-state index in [0.29, 0.717) is 0 Å². The van der Waals surface area contributed by atoms with Gasteiger partial charge in [0, 0.05) is 17.8 Å². The molecule has 0 spiro atoms. The van der Waals surface area contributed by atoms with Gasteiger partial charge in [0.2, 0.25) is 0 Å². The summed E-state index contributed by atoms with van der Waals surface area (Å²) in [6.45, 7) is 3.72. The second kappa shape index (κ2) is 6.17. The minimum Gasteiger partial charge on any atom is -0.324 e. The van der Waals surface area contributed by atoms with Crippen molar-refractivity contribution in [3.8, 4) is 5.69 Å². The van der Waals surface area contributed by atoms with Gasteiger partial charge in [-0.25, -0.2) is 4.68 Å². The number of benzene rings is 1. The maximum atomic E-state index is 6.14. The van der Waals surface area contributed by atoms with Crippen molar-refractivity contribution in [3.63, 3.8) is 0 Å². The first kappa shape index (κ1) is 12.6. The maximum Gasteiger partial charge on any atom is 0.0645 e. The van der Waals surface area contributed by atoms with Gasteiger partial charge in [-0.1, -0.05) is 24.3 Å². The van der Waals surface area contributed by atoms with Gasteiger partial charge in [-0.2, -0.15) is 5.10 Å². The molecule has 18 heavy (non-hydrogen) atoms. The van der Waals surface area contributed by atoms with Gasteiger partial charge in [0.25, 0.3) is 0 Å². The molecule has 2 aromatic rings. The molecule has 3 nitrogen and oxygen atoms in total. The zero-order valence-corrected chi connectivity index (χ0v) is 10.5. The number of unbranched alkanes of at least 4 members (excludes halogenated alkanes) is 1. The zero-order chi connectivity index (χ0) is 12.8. The molecule has 0 aliphatic carbocycles. The van der Waals surface area contributed by atoms with Gasteiger partial charge in [-0.05, 0) is 31.4 Å². The van der Waals surface area contributed by atoms with Gasteiger partial charge in [0.15, 0.2) is 0 Å². The van der Waals surface area contributed by atoms with Gasteiger partial charge >= 0.3 is 0 Å². The summed E-state index contributed by atoms with van der Waals surface area (Å²) in [5, 5.41) is 4.35. The summed E-state index contributed by atoms with van der Waals surface area (Å²) in [6, 6.07) is 10.1. The Balaban J connectivity index is 2.04. The highest BCUT2D eigenvalue weighted by Gasteiger charge is 2.08. The monoisotopic (exact) mass is 241 g/mol. The molecular weight excluding hydrogens is 222 g/mol. The predicted molar refractivity (Wildman–Crippen MR) is 74.5 cm³/mol. The Morgan fingerprint density at radius 3 is 2.83 bits per heavy atom. The van der Waals surface area contributed by atoms with Gasteiger partial charge in [0.1, 0.15) is 0 Å². The Bertz CT molecular complexity index is 487. The van der Waals surface area contributed by atoms with Crippen LogP contribution in [0.2, 0.25) is 0 Å². The van der Waals surface area contributed by atoms with E-state index in [1.807, 2.05) is 53.5 Å². The van der Waals surface area contributed by atoms with E-state index >= 15 is 0 Å².